The molecule has 16 heavy (non-hydrogen) atoms. The second-order valence-corrected chi connectivity index (χ2v) is 4.19. The molecule has 1 unspecified atom stereocenters. The van der Waals surface area contributed by atoms with Gasteiger partial charge in [-0.3, -0.25) is 4.79 Å². The van der Waals surface area contributed by atoms with E-state index in [1.807, 2.05) is 51.1 Å². The SMILES string of the molecule is CC(C)CC(=O)O.CC(N)c1ccccc1. The van der Waals surface area contributed by atoms with Crippen LogP contribution in [0.1, 0.15) is 38.8 Å². The number of aliphatic carboxylic acids is 1. The Kier molecular flexibility index (Phi) is 7.21. The molecule has 3 heteroatoms. The molecule has 90 valence electrons. The summed E-state index contributed by atoms with van der Waals surface area (Å²) in [6.07, 6.45) is 0.278. The van der Waals surface area contributed by atoms with Crippen LogP contribution in [-0.4, -0.2) is 11.1 Å². The normalized spacial score (nSPS) is 11.6. The Bertz CT molecular complexity index is 294. The smallest absolute Gasteiger partial charge is 0.303 e. The number of carbonyl (C=O) groups is 1. The zero-order valence-electron chi connectivity index (χ0n) is 10.2. The van der Waals surface area contributed by atoms with E-state index in [4.69, 9.17) is 10.8 Å². The monoisotopic (exact) mass is 223 g/mol. The lowest BCUT2D eigenvalue weighted by molar-refractivity contribution is -0.137. The summed E-state index contributed by atoms with van der Waals surface area (Å²) in [6, 6.07) is 10.2. The highest BCUT2D eigenvalue weighted by Gasteiger charge is 1.98. The van der Waals surface area contributed by atoms with E-state index in [-0.39, 0.29) is 18.4 Å². The van der Waals surface area contributed by atoms with Crippen molar-refractivity contribution in [2.75, 3.05) is 0 Å². The number of nitrogens with two attached hydrogens (primary N) is 1. The first kappa shape index (κ1) is 14.6. The van der Waals surface area contributed by atoms with Gasteiger partial charge in [-0.15, -0.1) is 0 Å². The van der Waals surface area contributed by atoms with Crippen LogP contribution >= 0.6 is 0 Å². The molecule has 1 rings (SSSR count). The molecule has 3 N–H and O–H groups in total. The Balaban J connectivity index is 0.000000293. The van der Waals surface area contributed by atoms with Gasteiger partial charge in [0.2, 0.25) is 0 Å². The van der Waals surface area contributed by atoms with Crippen LogP contribution in [-0.2, 0) is 4.79 Å². The molecule has 0 aliphatic heterocycles. The molecule has 1 atom stereocenters. The minimum Gasteiger partial charge on any atom is -0.481 e. The maximum absolute atomic E-state index is 9.81. The van der Waals surface area contributed by atoms with Crippen LogP contribution < -0.4 is 5.73 Å². The first-order valence-electron chi connectivity index (χ1n) is 5.45. The van der Waals surface area contributed by atoms with Crippen molar-refractivity contribution in [1.82, 2.24) is 0 Å². The number of carboxylic acids is 1. The van der Waals surface area contributed by atoms with E-state index in [0.29, 0.717) is 0 Å². The van der Waals surface area contributed by atoms with Crippen molar-refractivity contribution < 1.29 is 9.90 Å². The first-order chi connectivity index (χ1) is 7.43. The fourth-order valence-corrected chi connectivity index (χ4v) is 1.11. The minimum atomic E-state index is -0.713. The second-order valence-electron chi connectivity index (χ2n) is 4.19. The molecular formula is C13H21NO2. The summed E-state index contributed by atoms with van der Waals surface area (Å²) in [5.74, 6) is -0.438. The summed E-state index contributed by atoms with van der Waals surface area (Å²) in [5, 5.41) is 8.08. The third-order valence-corrected chi connectivity index (χ3v) is 1.91. The molecule has 0 heterocycles. The second kappa shape index (κ2) is 7.88. The Morgan fingerprint density at radius 1 is 1.25 bits per heavy atom. The topological polar surface area (TPSA) is 63.3 Å². The van der Waals surface area contributed by atoms with Crippen LogP contribution in [0.15, 0.2) is 30.3 Å². The summed E-state index contributed by atoms with van der Waals surface area (Å²) in [6.45, 7) is 5.75. The standard InChI is InChI=1S/C8H11N.C5H10O2/c1-7(9)8-5-3-2-4-6-8;1-4(2)3-5(6)7/h2-7H,9H2,1H3;4H,3H2,1-2H3,(H,6,7). The van der Waals surface area contributed by atoms with E-state index in [2.05, 4.69) is 0 Å². The van der Waals surface area contributed by atoms with Gasteiger partial charge >= 0.3 is 5.97 Å². The minimum absolute atomic E-state index is 0.159. The van der Waals surface area contributed by atoms with Gasteiger partial charge < -0.3 is 10.8 Å². The molecule has 1 aromatic carbocycles. The number of rotatable bonds is 3. The molecule has 0 aliphatic rings. The van der Waals surface area contributed by atoms with E-state index in [1.165, 1.54) is 5.56 Å². The molecule has 0 saturated heterocycles. The number of carboxylic acid groups (broad SMARTS) is 1. The molecule has 0 fully saturated rings. The Morgan fingerprint density at radius 3 is 1.94 bits per heavy atom. The van der Waals surface area contributed by atoms with Crippen molar-refractivity contribution in [3.8, 4) is 0 Å². The number of benzene rings is 1. The van der Waals surface area contributed by atoms with Gasteiger partial charge in [-0.05, 0) is 18.4 Å². The molecule has 0 aliphatic carbocycles. The highest BCUT2D eigenvalue weighted by atomic mass is 16.4. The van der Waals surface area contributed by atoms with Crippen molar-refractivity contribution in [3.63, 3.8) is 0 Å². The average molecular weight is 223 g/mol. The van der Waals surface area contributed by atoms with E-state index < -0.39 is 5.97 Å². The van der Waals surface area contributed by atoms with Gasteiger partial charge in [-0.1, -0.05) is 44.2 Å². The van der Waals surface area contributed by atoms with Crippen molar-refractivity contribution in [2.45, 2.75) is 33.2 Å². The van der Waals surface area contributed by atoms with Crippen LogP contribution in [0.2, 0.25) is 0 Å². The number of hydrogen-bond acceptors (Lipinski definition) is 2. The highest BCUT2D eigenvalue weighted by Crippen LogP contribution is 2.06. The average Bonchev–Trinajstić information content (AvgIpc) is 2.17. The maximum atomic E-state index is 9.81. The molecule has 1 aromatic rings. The van der Waals surface area contributed by atoms with Gasteiger partial charge in [0.25, 0.3) is 0 Å². The van der Waals surface area contributed by atoms with Gasteiger partial charge in [0, 0.05) is 12.5 Å². The summed E-state index contributed by atoms with van der Waals surface area (Å²) in [4.78, 5) is 9.81. The van der Waals surface area contributed by atoms with Crippen molar-refractivity contribution >= 4 is 5.97 Å². The van der Waals surface area contributed by atoms with E-state index in [9.17, 15) is 4.79 Å². The van der Waals surface area contributed by atoms with Gasteiger partial charge in [-0.2, -0.15) is 0 Å². The van der Waals surface area contributed by atoms with Gasteiger partial charge in [0.15, 0.2) is 0 Å². The molecule has 0 aromatic heterocycles. The van der Waals surface area contributed by atoms with Crippen LogP contribution in [0.25, 0.3) is 0 Å². The van der Waals surface area contributed by atoms with Crippen LogP contribution in [0.5, 0.6) is 0 Å². The van der Waals surface area contributed by atoms with E-state index >= 15 is 0 Å². The van der Waals surface area contributed by atoms with E-state index in [0.717, 1.165) is 0 Å². The molecule has 0 spiro atoms. The molecule has 0 saturated carbocycles. The van der Waals surface area contributed by atoms with Crippen molar-refractivity contribution in [3.05, 3.63) is 35.9 Å². The Labute approximate surface area is 97.3 Å². The third-order valence-electron chi connectivity index (χ3n) is 1.91. The summed E-state index contributed by atoms with van der Waals surface area (Å²) in [5.41, 5.74) is 6.81. The first-order valence-corrected chi connectivity index (χ1v) is 5.45. The maximum Gasteiger partial charge on any atom is 0.303 e. The Hall–Kier alpha value is -1.35. The summed E-state index contributed by atoms with van der Waals surface area (Å²) in [7, 11) is 0. The predicted octanol–water partition coefficient (Wildman–Crippen LogP) is 2.82. The van der Waals surface area contributed by atoms with Crippen molar-refractivity contribution in [1.29, 1.82) is 0 Å². The lowest BCUT2D eigenvalue weighted by atomic mass is 10.1. The fraction of sp³-hybridized carbons (Fsp3) is 0.462. The lowest BCUT2D eigenvalue weighted by Crippen LogP contribution is -2.03. The molecule has 3 nitrogen and oxygen atoms in total. The Morgan fingerprint density at radius 2 is 1.75 bits per heavy atom. The summed E-state index contributed by atoms with van der Waals surface area (Å²) >= 11 is 0. The van der Waals surface area contributed by atoms with Crippen LogP contribution in [0.4, 0.5) is 0 Å². The largest absolute Gasteiger partial charge is 0.481 e. The van der Waals surface area contributed by atoms with Gasteiger partial charge in [-0.25, -0.2) is 0 Å². The zero-order chi connectivity index (χ0) is 12.6. The quantitative estimate of drug-likeness (QED) is 0.828. The van der Waals surface area contributed by atoms with Crippen molar-refractivity contribution in [2.24, 2.45) is 11.7 Å². The molecule has 0 radical (unpaired) electrons. The van der Waals surface area contributed by atoms with Gasteiger partial charge in [0.1, 0.15) is 0 Å². The highest BCUT2D eigenvalue weighted by molar-refractivity contribution is 5.66. The molecule has 0 bridgehead atoms. The molecule has 0 amide bonds. The van der Waals surface area contributed by atoms with Crippen LogP contribution in [0, 0.1) is 5.92 Å². The predicted molar refractivity (Wildman–Crippen MR) is 66.1 cm³/mol. The van der Waals surface area contributed by atoms with E-state index in [1.54, 1.807) is 0 Å². The molecular weight excluding hydrogens is 202 g/mol. The summed E-state index contributed by atoms with van der Waals surface area (Å²) < 4.78 is 0. The zero-order valence-corrected chi connectivity index (χ0v) is 10.2. The number of hydrogen-bond donors (Lipinski definition) is 2. The third kappa shape index (κ3) is 8.00. The fourth-order valence-electron chi connectivity index (χ4n) is 1.11. The lowest BCUT2D eigenvalue weighted by Gasteiger charge is -2.02. The van der Waals surface area contributed by atoms with Crippen LogP contribution in [0.3, 0.4) is 0 Å². The van der Waals surface area contributed by atoms with Gasteiger partial charge in [0.05, 0.1) is 0 Å².